The standard InChI is InChI=1S/C22H21ClFN3O4/c23-19-10-16(24)3-4-21(19)30-14-18-11-20(26-31-18)22(28)27(13-17-2-1-9-29-17)12-15-5-7-25-8-6-15/h3-8,10-11,17H,1-2,9,12-14H2/t17-/m0/s1. The highest BCUT2D eigenvalue weighted by Crippen LogP contribution is 2.26. The lowest BCUT2D eigenvalue weighted by Gasteiger charge is -2.24. The predicted molar refractivity (Wildman–Crippen MR) is 110 cm³/mol. The number of aromatic nitrogens is 2. The quantitative estimate of drug-likeness (QED) is 0.515. The van der Waals surface area contributed by atoms with Gasteiger partial charge in [0.15, 0.2) is 11.5 Å². The zero-order chi connectivity index (χ0) is 21.6. The van der Waals surface area contributed by atoms with Crippen LogP contribution >= 0.6 is 11.6 Å². The lowest BCUT2D eigenvalue weighted by Crippen LogP contribution is -2.37. The molecule has 0 N–H and O–H groups in total. The first-order valence-corrected chi connectivity index (χ1v) is 10.3. The van der Waals surface area contributed by atoms with Crippen molar-refractivity contribution in [1.29, 1.82) is 0 Å². The van der Waals surface area contributed by atoms with E-state index >= 15 is 0 Å². The summed E-state index contributed by atoms with van der Waals surface area (Å²) >= 11 is 5.96. The van der Waals surface area contributed by atoms with Crippen molar-refractivity contribution in [2.75, 3.05) is 13.2 Å². The number of hydrogen-bond acceptors (Lipinski definition) is 6. The summed E-state index contributed by atoms with van der Waals surface area (Å²) < 4.78 is 29.7. The molecule has 7 nitrogen and oxygen atoms in total. The van der Waals surface area contributed by atoms with Crippen molar-refractivity contribution in [3.8, 4) is 5.75 Å². The van der Waals surface area contributed by atoms with Gasteiger partial charge in [-0.25, -0.2) is 4.39 Å². The molecule has 0 unspecified atom stereocenters. The van der Waals surface area contributed by atoms with Gasteiger partial charge in [-0.05, 0) is 48.7 Å². The highest BCUT2D eigenvalue weighted by Gasteiger charge is 2.26. The highest BCUT2D eigenvalue weighted by molar-refractivity contribution is 6.32. The van der Waals surface area contributed by atoms with Crippen LogP contribution in [0.25, 0.3) is 0 Å². The number of halogens is 2. The summed E-state index contributed by atoms with van der Waals surface area (Å²) in [6, 6.07) is 9.11. The number of benzene rings is 1. The molecule has 1 aliphatic heterocycles. The smallest absolute Gasteiger partial charge is 0.276 e. The van der Waals surface area contributed by atoms with Gasteiger partial charge in [-0.15, -0.1) is 0 Å². The predicted octanol–water partition coefficient (Wildman–Crippen LogP) is 4.26. The van der Waals surface area contributed by atoms with Gasteiger partial charge in [0.25, 0.3) is 5.91 Å². The van der Waals surface area contributed by atoms with Gasteiger partial charge in [0.05, 0.1) is 11.1 Å². The maximum Gasteiger partial charge on any atom is 0.276 e. The molecule has 3 heterocycles. The van der Waals surface area contributed by atoms with Crippen molar-refractivity contribution in [2.24, 2.45) is 0 Å². The number of ether oxygens (including phenoxy) is 2. The summed E-state index contributed by atoms with van der Waals surface area (Å²) in [6.07, 6.45) is 5.28. The number of rotatable bonds is 8. The zero-order valence-corrected chi connectivity index (χ0v) is 17.4. The third-order valence-electron chi connectivity index (χ3n) is 4.90. The fraction of sp³-hybridized carbons (Fsp3) is 0.318. The molecular formula is C22H21ClFN3O4. The fourth-order valence-corrected chi connectivity index (χ4v) is 3.57. The van der Waals surface area contributed by atoms with E-state index < -0.39 is 5.82 Å². The van der Waals surface area contributed by atoms with Crippen LogP contribution in [0.1, 0.15) is 34.7 Å². The summed E-state index contributed by atoms with van der Waals surface area (Å²) in [5, 5.41) is 4.06. The van der Waals surface area contributed by atoms with Gasteiger partial charge in [-0.1, -0.05) is 16.8 Å². The van der Waals surface area contributed by atoms with Gasteiger partial charge in [-0.2, -0.15) is 0 Å². The van der Waals surface area contributed by atoms with Crippen LogP contribution in [0.3, 0.4) is 0 Å². The largest absolute Gasteiger partial charge is 0.484 e. The Balaban J connectivity index is 1.44. The van der Waals surface area contributed by atoms with Gasteiger partial charge in [0.1, 0.15) is 18.2 Å². The molecule has 0 spiro atoms. The molecule has 0 radical (unpaired) electrons. The van der Waals surface area contributed by atoms with E-state index in [-0.39, 0.29) is 29.3 Å². The lowest BCUT2D eigenvalue weighted by atomic mass is 10.2. The zero-order valence-electron chi connectivity index (χ0n) is 16.7. The topological polar surface area (TPSA) is 77.7 Å². The molecule has 1 saturated heterocycles. The first-order chi connectivity index (χ1) is 15.1. The Morgan fingerprint density at radius 1 is 1.26 bits per heavy atom. The van der Waals surface area contributed by atoms with E-state index in [9.17, 15) is 9.18 Å². The molecule has 31 heavy (non-hydrogen) atoms. The Labute approximate surface area is 183 Å². The van der Waals surface area contributed by atoms with Gasteiger partial charge in [0.2, 0.25) is 0 Å². The Bertz CT molecular complexity index is 1020. The summed E-state index contributed by atoms with van der Waals surface area (Å²) in [5.41, 5.74) is 1.13. The van der Waals surface area contributed by atoms with Crippen LogP contribution in [0.15, 0.2) is 53.3 Å². The molecule has 4 rings (SSSR count). The molecular weight excluding hydrogens is 425 g/mol. The van der Waals surface area contributed by atoms with E-state index in [0.717, 1.165) is 24.5 Å². The minimum atomic E-state index is -0.453. The minimum absolute atomic E-state index is 0.00103. The first-order valence-electron chi connectivity index (χ1n) is 9.92. The average Bonchev–Trinajstić information content (AvgIpc) is 3.45. The molecule has 0 aliphatic carbocycles. The number of amides is 1. The minimum Gasteiger partial charge on any atom is -0.484 e. The number of hydrogen-bond donors (Lipinski definition) is 0. The molecule has 9 heteroatoms. The summed E-state index contributed by atoms with van der Waals surface area (Å²) in [5.74, 6) is -0.0534. The number of pyridine rings is 1. The van der Waals surface area contributed by atoms with E-state index in [2.05, 4.69) is 10.1 Å². The van der Waals surface area contributed by atoms with Gasteiger partial charge in [0, 0.05) is 38.2 Å². The van der Waals surface area contributed by atoms with Crippen molar-refractivity contribution in [3.05, 3.63) is 76.6 Å². The Hall–Kier alpha value is -2.97. The third-order valence-corrected chi connectivity index (χ3v) is 5.20. The first kappa shape index (κ1) is 21.3. The summed E-state index contributed by atoms with van der Waals surface area (Å²) in [7, 11) is 0. The molecule has 1 atom stereocenters. The second-order valence-corrected chi connectivity index (χ2v) is 7.63. The van der Waals surface area contributed by atoms with Gasteiger partial charge in [-0.3, -0.25) is 9.78 Å². The van der Waals surface area contributed by atoms with Crippen LogP contribution in [-0.2, 0) is 17.9 Å². The van der Waals surface area contributed by atoms with Crippen LogP contribution in [-0.4, -0.2) is 40.2 Å². The van der Waals surface area contributed by atoms with E-state index in [1.807, 2.05) is 12.1 Å². The molecule has 1 aliphatic rings. The number of carbonyl (C=O) groups is 1. The van der Waals surface area contributed by atoms with Crippen LogP contribution in [0, 0.1) is 5.82 Å². The van der Waals surface area contributed by atoms with Gasteiger partial charge >= 0.3 is 0 Å². The van der Waals surface area contributed by atoms with Gasteiger partial charge < -0.3 is 18.9 Å². The molecule has 1 aromatic carbocycles. The van der Waals surface area contributed by atoms with Crippen LogP contribution in [0.2, 0.25) is 5.02 Å². The average molecular weight is 446 g/mol. The van der Waals surface area contributed by atoms with Crippen LogP contribution in [0.4, 0.5) is 4.39 Å². The second kappa shape index (κ2) is 9.89. The maximum atomic E-state index is 13.2. The van der Waals surface area contributed by atoms with E-state index in [1.54, 1.807) is 17.3 Å². The van der Waals surface area contributed by atoms with E-state index in [4.69, 9.17) is 25.6 Å². The number of nitrogens with zero attached hydrogens (tertiary/aromatic N) is 3. The molecule has 1 fully saturated rings. The molecule has 162 valence electrons. The van der Waals surface area contributed by atoms with Crippen molar-refractivity contribution < 1.29 is 23.2 Å². The van der Waals surface area contributed by atoms with Crippen molar-refractivity contribution in [2.45, 2.75) is 32.1 Å². The summed E-state index contributed by atoms with van der Waals surface area (Å²) in [6.45, 7) is 1.58. The second-order valence-electron chi connectivity index (χ2n) is 7.22. The SMILES string of the molecule is O=C(c1cc(COc2ccc(F)cc2Cl)on1)N(Cc1ccncc1)C[C@@H]1CCCO1. The van der Waals surface area contributed by atoms with Crippen molar-refractivity contribution in [1.82, 2.24) is 15.0 Å². The lowest BCUT2D eigenvalue weighted by molar-refractivity contribution is 0.0499. The maximum absolute atomic E-state index is 13.2. The van der Waals surface area contributed by atoms with Crippen molar-refractivity contribution in [3.63, 3.8) is 0 Å². The Morgan fingerprint density at radius 3 is 2.84 bits per heavy atom. The number of carbonyl (C=O) groups excluding carboxylic acids is 1. The molecule has 0 saturated carbocycles. The highest BCUT2D eigenvalue weighted by atomic mass is 35.5. The fourth-order valence-electron chi connectivity index (χ4n) is 3.35. The summed E-state index contributed by atoms with van der Waals surface area (Å²) in [4.78, 5) is 18.9. The molecule has 3 aromatic rings. The molecule has 1 amide bonds. The van der Waals surface area contributed by atoms with Crippen LogP contribution in [0.5, 0.6) is 5.75 Å². The van der Waals surface area contributed by atoms with Crippen LogP contribution < -0.4 is 4.74 Å². The normalized spacial score (nSPS) is 15.7. The monoisotopic (exact) mass is 445 g/mol. The Morgan fingerprint density at radius 2 is 2.10 bits per heavy atom. The molecule has 0 bridgehead atoms. The Kier molecular flexibility index (Phi) is 6.79. The van der Waals surface area contributed by atoms with E-state index in [0.29, 0.717) is 31.2 Å². The van der Waals surface area contributed by atoms with Crippen molar-refractivity contribution >= 4 is 17.5 Å². The third kappa shape index (κ3) is 5.59. The molecule has 2 aromatic heterocycles. The van der Waals surface area contributed by atoms with E-state index in [1.165, 1.54) is 18.2 Å².